The Labute approximate surface area is 264 Å². The molecule has 2 aromatic carbocycles. The highest BCUT2D eigenvalue weighted by Gasteiger charge is 2.25. The fourth-order valence-electron chi connectivity index (χ4n) is 5.69. The van der Waals surface area contributed by atoms with Gasteiger partial charge in [0.1, 0.15) is 17.2 Å². The van der Waals surface area contributed by atoms with E-state index in [1.165, 1.54) is 12.1 Å². The van der Waals surface area contributed by atoms with Crippen molar-refractivity contribution in [3.8, 4) is 11.3 Å². The summed E-state index contributed by atoms with van der Waals surface area (Å²) in [6, 6.07) is 11.5. The summed E-state index contributed by atoms with van der Waals surface area (Å²) in [6.45, 7) is 11.8. The number of aromatic nitrogens is 4. The number of ether oxygens (including phenoxy) is 1. The van der Waals surface area contributed by atoms with Gasteiger partial charge >= 0.3 is 5.97 Å². The third-order valence-electron chi connectivity index (χ3n) is 8.55. The number of nitrogens with one attached hydrogen (secondary N) is 2. The van der Waals surface area contributed by atoms with Crippen molar-refractivity contribution < 1.29 is 22.3 Å². The molecule has 2 N–H and O–H groups in total. The maximum absolute atomic E-state index is 14.2. The maximum Gasteiger partial charge on any atom is 0.355 e. The zero-order valence-electron chi connectivity index (χ0n) is 26.4. The third kappa shape index (κ3) is 7.98. The molecular formula is C33H43FN6O4S. The number of hydrogen-bond donors (Lipinski definition) is 2. The van der Waals surface area contributed by atoms with E-state index in [1.807, 2.05) is 26.0 Å². The van der Waals surface area contributed by atoms with E-state index in [4.69, 9.17) is 4.74 Å². The average Bonchev–Trinajstić information content (AvgIpc) is 3.64. The molecule has 1 unspecified atom stereocenters. The summed E-state index contributed by atoms with van der Waals surface area (Å²) in [4.78, 5) is 18.6. The number of rotatable bonds is 13. The Balaban J connectivity index is 1.15. The van der Waals surface area contributed by atoms with Crippen LogP contribution < -0.4 is 4.72 Å². The summed E-state index contributed by atoms with van der Waals surface area (Å²) in [5.41, 5.74) is 2.94. The van der Waals surface area contributed by atoms with E-state index in [0.29, 0.717) is 53.6 Å². The number of carbonyl (C=O) groups is 1. The van der Waals surface area contributed by atoms with Gasteiger partial charge in [-0.15, -0.1) is 5.10 Å². The first-order valence-corrected chi connectivity index (χ1v) is 17.2. The lowest BCUT2D eigenvalue weighted by Crippen LogP contribution is -2.40. The molecule has 10 nitrogen and oxygen atoms in total. The number of likely N-dealkylation sites (tertiary alicyclic amines) is 1. The van der Waals surface area contributed by atoms with Crippen LogP contribution >= 0.6 is 0 Å². The van der Waals surface area contributed by atoms with Crippen LogP contribution in [0.5, 0.6) is 0 Å². The van der Waals surface area contributed by atoms with E-state index in [-0.39, 0.29) is 23.1 Å². The first-order chi connectivity index (χ1) is 21.5. The molecule has 1 aliphatic heterocycles. The van der Waals surface area contributed by atoms with Crippen molar-refractivity contribution in [2.24, 2.45) is 11.8 Å². The normalized spacial score (nSPS) is 15.6. The molecule has 1 saturated heterocycles. The number of fused-ring (bicyclic) bond motifs is 1. The number of halogens is 1. The number of hydrogen-bond acceptors (Lipinski definition) is 7. The molecule has 0 radical (unpaired) electrons. The minimum atomic E-state index is -3.56. The fourth-order valence-corrected chi connectivity index (χ4v) is 6.71. The first kappa shape index (κ1) is 32.8. The van der Waals surface area contributed by atoms with Gasteiger partial charge in [0.15, 0.2) is 0 Å². The second-order valence-corrected chi connectivity index (χ2v) is 14.2. The minimum absolute atomic E-state index is 0.174. The Hall–Kier alpha value is -3.61. The summed E-state index contributed by atoms with van der Waals surface area (Å²) in [5.74, 6) is 0.0137. The molecule has 5 rings (SSSR count). The summed E-state index contributed by atoms with van der Waals surface area (Å²) < 4.78 is 49.8. The molecule has 1 fully saturated rings. The van der Waals surface area contributed by atoms with E-state index in [9.17, 15) is 17.6 Å². The molecule has 3 heterocycles. The van der Waals surface area contributed by atoms with Crippen molar-refractivity contribution in [1.29, 1.82) is 0 Å². The minimum Gasteiger partial charge on any atom is -0.461 e. The summed E-state index contributed by atoms with van der Waals surface area (Å²) in [7, 11) is -3.56. The van der Waals surface area contributed by atoms with Gasteiger partial charge in [0.25, 0.3) is 0 Å². The van der Waals surface area contributed by atoms with Crippen molar-refractivity contribution in [3.05, 3.63) is 65.7 Å². The number of H-pyrrole nitrogens is 1. The molecule has 0 bridgehead atoms. The smallest absolute Gasteiger partial charge is 0.355 e. The van der Waals surface area contributed by atoms with E-state index in [0.717, 1.165) is 37.9 Å². The molecule has 45 heavy (non-hydrogen) atoms. The van der Waals surface area contributed by atoms with Crippen LogP contribution in [0.4, 0.5) is 4.39 Å². The lowest BCUT2D eigenvalue weighted by atomic mass is 9.97. The van der Waals surface area contributed by atoms with Crippen LogP contribution in [0, 0.1) is 17.7 Å². The van der Waals surface area contributed by atoms with Crippen LogP contribution in [0.15, 0.2) is 53.6 Å². The second-order valence-electron chi connectivity index (χ2n) is 12.4. The Morgan fingerprint density at radius 3 is 2.56 bits per heavy atom. The zero-order chi connectivity index (χ0) is 32.1. The number of piperidine rings is 1. The van der Waals surface area contributed by atoms with Crippen LogP contribution in [0.2, 0.25) is 0 Å². The summed E-state index contributed by atoms with van der Waals surface area (Å²) in [6.07, 6.45) is 4.67. The van der Waals surface area contributed by atoms with Gasteiger partial charge in [-0.3, -0.25) is 4.68 Å². The van der Waals surface area contributed by atoms with E-state index in [2.05, 4.69) is 38.8 Å². The Bertz CT molecular complexity index is 1710. The van der Waals surface area contributed by atoms with Crippen LogP contribution in [0.25, 0.3) is 22.2 Å². The number of benzene rings is 2. The van der Waals surface area contributed by atoms with Gasteiger partial charge in [0.2, 0.25) is 10.0 Å². The molecule has 12 heteroatoms. The van der Waals surface area contributed by atoms with Crippen molar-refractivity contribution in [3.63, 3.8) is 0 Å². The molecule has 242 valence electrons. The highest BCUT2D eigenvalue weighted by atomic mass is 32.2. The number of aromatic amines is 1. The lowest BCUT2D eigenvalue weighted by molar-refractivity contribution is 0.0454. The molecule has 4 aromatic rings. The zero-order valence-corrected chi connectivity index (χ0v) is 27.2. The van der Waals surface area contributed by atoms with Crippen molar-refractivity contribution >= 4 is 26.9 Å². The number of esters is 1. The lowest BCUT2D eigenvalue weighted by Gasteiger charge is -2.31. The molecule has 2 aromatic heterocycles. The van der Waals surface area contributed by atoms with Crippen LogP contribution in [0.3, 0.4) is 0 Å². The average molecular weight is 639 g/mol. The Morgan fingerprint density at radius 2 is 1.87 bits per heavy atom. The predicted molar refractivity (Wildman–Crippen MR) is 172 cm³/mol. The highest BCUT2D eigenvalue weighted by molar-refractivity contribution is 7.89. The van der Waals surface area contributed by atoms with Gasteiger partial charge in [-0.1, -0.05) is 45.0 Å². The van der Waals surface area contributed by atoms with Crippen LogP contribution in [0.1, 0.15) is 68.9 Å². The van der Waals surface area contributed by atoms with Crippen molar-refractivity contribution in [1.82, 2.24) is 29.6 Å². The van der Waals surface area contributed by atoms with Crippen LogP contribution in [-0.2, 0) is 21.3 Å². The molecule has 0 saturated carbocycles. The molecule has 0 spiro atoms. The maximum atomic E-state index is 14.2. The molecule has 1 aliphatic rings. The van der Waals surface area contributed by atoms with Gasteiger partial charge in [0, 0.05) is 36.1 Å². The SMILES string of the molecule is CCC(C)c1ccc(S(=O)(=O)NCCN2CCC(Cn3cc(-c4c(C(=O)OCC(C)C)[nH]c5ccc(F)cc45)nn3)CC2)cc1. The second kappa shape index (κ2) is 14.2. The Morgan fingerprint density at radius 1 is 1.13 bits per heavy atom. The topological polar surface area (TPSA) is 122 Å². The fraction of sp³-hybridized carbons (Fsp3) is 0.485. The standard InChI is InChI=1S/C33H43FN6O4S/c1-5-23(4)25-6-9-27(10-7-25)45(42,43)35-14-17-39-15-12-24(13-16-39)19-40-20-30(37-38-40)31-28-18-26(34)8-11-29(28)36-32(31)33(41)44-21-22(2)3/h6-11,18,20,22-24,35-36H,5,12-17,19,21H2,1-4H3. The number of nitrogens with zero attached hydrogens (tertiary/aromatic N) is 4. The number of carbonyl (C=O) groups excluding carboxylic acids is 1. The van der Waals surface area contributed by atoms with E-state index < -0.39 is 21.8 Å². The van der Waals surface area contributed by atoms with Gasteiger partial charge in [0.05, 0.1) is 17.7 Å². The monoisotopic (exact) mass is 638 g/mol. The summed E-state index contributed by atoms with van der Waals surface area (Å²) in [5, 5.41) is 9.23. The number of sulfonamides is 1. The van der Waals surface area contributed by atoms with Gasteiger partial charge in [-0.2, -0.15) is 0 Å². The first-order valence-electron chi connectivity index (χ1n) is 15.7. The molecule has 1 atom stereocenters. The highest BCUT2D eigenvalue weighted by Crippen LogP contribution is 2.33. The quantitative estimate of drug-likeness (QED) is 0.183. The predicted octanol–water partition coefficient (Wildman–Crippen LogP) is 5.58. The van der Waals surface area contributed by atoms with Gasteiger partial charge in [-0.25, -0.2) is 22.3 Å². The van der Waals surface area contributed by atoms with E-state index >= 15 is 0 Å². The van der Waals surface area contributed by atoms with Crippen LogP contribution in [-0.4, -0.2) is 72.1 Å². The van der Waals surface area contributed by atoms with Gasteiger partial charge < -0.3 is 14.6 Å². The molecular weight excluding hydrogens is 595 g/mol. The molecule has 0 amide bonds. The Kier molecular flexibility index (Phi) is 10.4. The van der Waals surface area contributed by atoms with Crippen molar-refractivity contribution in [2.45, 2.75) is 64.3 Å². The molecule has 0 aliphatic carbocycles. The third-order valence-corrected chi connectivity index (χ3v) is 10.0. The summed E-state index contributed by atoms with van der Waals surface area (Å²) >= 11 is 0. The van der Waals surface area contributed by atoms with Gasteiger partial charge in [-0.05, 0) is 86.0 Å². The largest absolute Gasteiger partial charge is 0.461 e. The van der Waals surface area contributed by atoms with E-state index in [1.54, 1.807) is 29.1 Å². The van der Waals surface area contributed by atoms with Crippen molar-refractivity contribution in [2.75, 3.05) is 32.8 Å².